The number of aromatic amines is 1. The lowest BCUT2D eigenvalue weighted by Crippen LogP contribution is -2.20. The summed E-state index contributed by atoms with van der Waals surface area (Å²) in [7, 11) is 1.27. The number of fused-ring (bicyclic) bond motifs is 1. The third kappa shape index (κ3) is 4.52. The van der Waals surface area contributed by atoms with E-state index in [0.29, 0.717) is 32.7 Å². The molecule has 33 heavy (non-hydrogen) atoms. The minimum atomic E-state index is -0.641. The fraction of sp³-hybridized carbons (Fsp3) is 0.115. The maximum atomic E-state index is 13.6. The summed E-state index contributed by atoms with van der Waals surface area (Å²) in [4.78, 5) is 40.6. The van der Waals surface area contributed by atoms with Crippen molar-refractivity contribution in [3.05, 3.63) is 98.8 Å². The molecule has 1 heterocycles. The fourth-order valence-corrected chi connectivity index (χ4v) is 4.08. The number of pyridine rings is 1. The van der Waals surface area contributed by atoms with Crippen molar-refractivity contribution in [3.8, 4) is 11.1 Å². The quantitative estimate of drug-likeness (QED) is 0.401. The number of hydrogen-bond acceptors (Lipinski definition) is 4. The van der Waals surface area contributed by atoms with Crippen molar-refractivity contribution in [2.75, 3.05) is 12.4 Å². The lowest BCUT2D eigenvalue weighted by Gasteiger charge is -2.14. The summed E-state index contributed by atoms with van der Waals surface area (Å²) in [6, 6.07) is 19.9. The second-order valence-corrected chi connectivity index (χ2v) is 7.97. The zero-order valence-electron chi connectivity index (χ0n) is 18.1. The van der Waals surface area contributed by atoms with Crippen LogP contribution in [-0.2, 0) is 16.0 Å². The van der Waals surface area contributed by atoms with Gasteiger partial charge in [0.25, 0.3) is 0 Å². The van der Waals surface area contributed by atoms with Gasteiger partial charge in [-0.1, -0.05) is 54.1 Å². The van der Waals surface area contributed by atoms with Crippen molar-refractivity contribution < 1.29 is 14.3 Å². The Morgan fingerprint density at radius 1 is 1.00 bits per heavy atom. The first-order valence-electron chi connectivity index (χ1n) is 10.3. The number of methoxy groups -OCH3 is 1. The lowest BCUT2D eigenvalue weighted by molar-refractivity contribution is -0.114. The minimum absolute atomic E-state index is 0.0837. The van der Waals surface area contributed by atoms with Gasteiger partial charge >= 0.3 is 5.97 Å². The molecular weight excluding hydrogens is 440 g/mol. The Hall–Kier alpha value is -3.90. The third-order valence-electron chi connectivity index (χ3n) is 5.33. The molecular formula is C26H21ClN2O4. The van der Waals surface area contributed by atoms with Crippen molar-refractivity contribution in [2.24, 2.45) is 0 Å². The number of carbonyl (C=O) groups is 2. The Balaban J connectivity index is 1.89. The van der Waals surface area contributed by atoms with Gasteiger partial charge in [-0.25, -0.2) is 4.79 Å². The normalized spacial score (nSPS) is 10.8. The molecule has 0 aliphatic carbocycles. The van der Waals surface area contributed by atoms with Crippen molar-refractivity contribution in [1.82, 2.24) is 4.98 Å². The number of amides is 1. The van der Waals surface area contributed by atoms with Gasteiger partial charge in [-0.3, -0.25) is 9.59 Å². The second-order valence-electron chi connectivity index (χ2n) is 7.57. The van der Waals surface area contributed by atoms with E-state index in [9.17, 15) is 14.4 Å². The highest BCUT2D eigenvalue weighted by molar-refractivity contribution is 6.35. The number of nitrogens with one attached hydrogen (secondary N) is 2. The molecule has 3 aromatic carbocycles. The number of rotatable bonds is 5. The van der Waals surface area contributed by atoms with Crippen LogP contribution < -0.4 is 10.7 Å². The zero-order chi connectivity index (χ0) is 23.5. The molecule has 4 aromatic rings. The molecule has 7 heteroatoms. The molecule has 0 atom stereocenters. The second kappa shape index (κ2) is 9.30. The summed E-state index contributed by atoms with van der Waals surface area (Å²) in [6.45, 7) is 1.43. The molecule has 0 fully saturated rings. The molecule has 0 saturated carbocycles. The summed E-state index contributed by atoms with van der Waals surface area (Å²) in [5, 5.41) is 3.59. The van der Waals surface area contributed by atoms with E-state index >= 15 is 0 Å². The SMILES string of the molecule is COC(=O)c1[nH]c2c(-c3ccccc3)c(Cl)ccc2c(=O)c1Cc1ccc(NC(C)=O)cc1. The van der Waals surface area contributed by atoms with Crippen LogP contribution in [0.3, 0.4) is 0 Å². The number of carbonyl (C=O) groups excluding carboxylic acids is 2. The third-order valence-corrected chi connectivity index (χ3v) is 5.65. The van der Waals surface area contributed by atoms with E-state index in [1.54, 1.807) is 36.4 Å². The number of esters is 1. The summed E-state index contributed by atoms with van der Waals surface area (Å²) in [6.07, 6.45) is 0.208. The molecule has 6 nitrogen and oxygen atoms in total. The van der Waals surface area contributed by atoms with E-state index in [1.807, 2.05) is 30.3 Å². The summed E-state index contributed by atoms with van der Waals surface area (Å²) >= 11 is 6.51. The first-order valence-corrected chi connectivity index (χ1v) is 10.6. The van der Waals surface area contributed by atoms with E-state index < -0.39 is 5.97 Å². The highest BCUT2D eigenvalue weighted by Crippen LogP contribution is 2.34. The van der Waals surface area contributed by atoms with Gasteiger partial charge in [0.05, 0.1) is 17.6 Å². The molecule has 0 unspecified atom stereocenters. The number of aromatic nitrogens is 1. The predicted molar refractivity (Wildman–Crippen MR) is 130 cm³/mol. The summed E-state index contributed by atoms with van der Waals surface area (Å²) < 4.78 is 4.97. The van der Waals surface area contributed by atoms with Crippen molar-refractivity contribution in [1.29, 1.82) is 0 Å². The molecule has 0 aliphatic heterocycles. The smallest absolute Gasteiger partial charge is 0.354 e. The van der Waals surface area contributed by atoms with Gasteiger partial charge in [0.1, 0.15) is 5.69 Å². The Kier molecular flexibility index (Phi) is 6.29. The molecule has 0 spiro atoms. The van der Waals surface area contributed by atoms with Crippen LogP contribution in [-0.4, -0.2) is 24.0 Å². The molecule has 4 rings (SSSR count). The van der Waals surface area contributed by atoms with Crippen LogP contribution in [0.25, 0.3) is 22.0 Å². The average molecular weight is 461 g/mol. The highest BCUT2D eigenvalue weighted by atomic mass is 35.5. The monoisotopic (exact) mass is 460 g/mol. The van der Waals surface area contributed by atoms with Crippen LogP contribution in [0, 0.1) is 0 Å². The van der Waals surface area contributed by atoms with Crippen molar-refractivity contribution in [3.63, 3.8) is 0 Å². The largest absolute Gasteiger partial charge is 0.464 e. The zero-order valence-corrected chi connectivity index (χ0v) is 18.8. The fourth-order valence-electron chi connectivity index (χ4n) is 3.82. The number of halogens is 1. The molecule has 0 bridgehead atoms. The number of ether oxygens (including phenoxy) is 1. The molecule has 2 N–H and O–H groups in total. The van der Waals surface area contributed by atoms with Crippen molar-refractivity contribution >= 4 is 40.1 Å². The maximum absolute atomic E-state index is 13.6. The van der Waals surface area contributed by atoms with E-state index in [0.717, 1.165) is 11.1 Å². The van der Waals surface area contributed by atoms with Crippen LogP contribution in [0.1, 0.15) is 28.5 Å². The first-order chi connectivity index (χ1) is 15.9. The number of anilines is 1. The lowest BCUT2D eigenvalue weighted by atomic mass is 9.97. The Morgan fingerprint density at radius 3 is 2.33 bits per heavy atom. The van der Waals surface area contributed by atoms with Gasteiger partial charge in [-0.05, 0) is 35.4 Å². The molecule has 166 valence electrons. The Morgan fingerprint density at radius 2 is 1.70 bits per heavy atom. The first kappa shape index (κ1) is 22.3. The van der Waals surface area contributed by atoms with E-state index in [-0.39, 0.29) is 23.5 Å². The van der Waals surface area contributed by atoms with Gasteiger partial charge < -0.3 is 15.0 Å². The van der Waals surface area contributed by atoms with Gasteiger partial charge in [0.2, 0.25) is 5.91 Å². The van der Waals surface area contributed by atoms with Crippen LogP contribution in [0.15, 0.2) is 71.5 Å². The molecule has 0 radical (unpaired) electrons. The van der Waals surface area contributed by atoms with Crippen LogP contribution in [0.5, 0.6) is 0 Å². The molecule has 0 aliphatic rings. The number of benzene rings is 3. The van der Waals surface area contributed by atoms with Gasteiger partial charge in [0.15, 0.2) is 5.43 Å². The number of H-pyrrole nitrogens is 1. The molecule has 1 aromatic heterocycles. The predicted octanol–water partition coefficient (Wildman–Crippen LogP) is 5.18. The van der Waals surface area contributed by atoms with Gasteiger partial charge in [-0.2, -0.15) is 0 Å². The minimum Gasteiger partial charge on any atom is -0.464 e. The van der Waals surface area contributed by atoms with Gasteiger partial charge in [-0.15, -0.1) is 0 Å². The standard InChI is InChI=1S/C26H21ClN2O4/c1-15(30)28-18-10-8-16(9-11-18)14-20-24(26(32)33-2)29-23-19(25(20)31)12-13-21(27)22(23)17-6-4-3-5-7-17/h3-13H,14H2,1-2H3,(H,28,30)(H,29,31). The highest BCUT2D eigenvalue weighted by Gasteiger charge is 2.21. The van der Waals surface area contributed by atoms with Crippen LogP contribution in [0.2, 0.25) is 5.02 Å². The maximum Gasteiger partial charge on any atom is 0.354 e. The Labute approximate surface area is 195 Å². The van der Waals surface area contributed by atoms with Crippen LogP contribution in [0.4, 0.5) is 5.69 Å². The summed E-state index contributed by atoms with van der Waals surface area (Å²) in [5.41, 5.74) is 3.49. The topological polar surface area (TPSA) is 88.3 Å². The molecule has 0 saturated heterocycles. The van der Waals surface area contributed by atoms with Crippen molar-refractivity contribution in [2.45, 2.75) is 13.3 Å². The van der Waals surface area contributed by atoms with E-state index in [4.69, 9.17) is 16.3 Å². The number of hydrogen-bond donors (Lipinski definition) is 2. The Bertz CT molecular complexity index is 1410. The van der Waals surface area contributed by atoms with Crippen LogP contribution >= 0.6 is 11.6 Å². The molecule has 1 amide bonds. The van der Waals surface area contributed by atoms with E-state index in [1.165, 1.54) is 14.0 Å². The van der Waals surface area contributed by atoms with E-state index in [2.05, 4.69) is 10.3 Å². The van der Waals surface area contributed by atoms with Gasteiger partial charge in [0, 0.05) is 35.5 Å². The average Bonchev–Trinajstić information content (AvgIpc) is 2.81. The summed E-state index contributed by atoms with van der Waals surface area (Å²) in [5.74, 6) is -0.813.